The molecule has 0 saturated carbocycles. The number of hydrogen-bond acceptors (Lipinski definition) is 6. The van der Waals surface area contributed by atoms with Crippen LogP contribution in [0.2, 0.25) is 5.02 Å². The van der Waals surface area contributed by atoms with E-state index in [0.717, 1.165) is 15.3 Å². The Morgan fingerprint density at radius 3 is 2.73 bits per heavy atom. The minimum Gasteiger partial charge on any atom is -0.385 e. The highest BCUT2D eigenvalue weighted by Crippen LogP contribution is 2.23. The fourth-order valence-electron chi connectivity index (χ4n) is 3.45. The lowest BCUT2D eigenvalue weighted by molar-refractivity contribution is 0.0949. The van der Waals surface area contributed by atoms with Crippen molar-refractivity contribution in [2.75, 3.05) is 6.54 Å². The lowest BCUT2D eigenvalue weighted by Gasteiger charge is -2.10. The van der Waals surface area contributed by atoms with E-state index in [1.165, 1.54) is 11.3 Å². The van der Waals surface area contributed by atoms with Gasteiger partial charge in [0, 0.05) is 49.0 Å². The molecule has 3 aromatic heterocycles. The number of nitrogens with one attached hydrogen (secondary N) is 2. The van der Waals surface area contributed by atoms with Gasteiger partial charge in [0.25, 0.3) is 5.91 Å². The fourth-order valence-corrected chi connectivity index (χ4v) is 4.63. The van der Waals surface area contributed by atoms with E-state index >= 15 is 0 Å². The highest BCUT2D eigenvalue weighted by Gasteiger charge is 2.17. The molecule has 0 fully saturated rings. The molecule has 7 nitrogen and oxygen atoms in total. The molecule has 0 bridgehead atoms. The van der Waals surface area contributed by atoms with E-state index in [4.69, 9.17) is 11.6 Å². The van der Waals surface area contributed by atoms with Gasteiger partial charge in [-0.3, -0.25) is 14.6 Å². The zero-order valence-electron chi connectivity index (χ0n) is 17.9. The molecule has 0 aliphatic carbocycles. The number of fused-ring (bicyclic) bond motifs is 1. The highest BCUT2D eigenvalue weighted by atomic mass is 35.5. The average molecular weight is 483 g/mol. The van der Waals surface area contributed by atoms with Crippen LogP contribution in [0.4, 0.5) is 0 Å². The Balaban J connectivity index is 1.44. The zero-order chi connectivity index (χ0) is 23.4. The normalized spacial score (nSPS) is 12.1. The molecule has 0 aliphatic heterocycles. The summed E-state index contributed by atoms with van der Waals surface area (Å²) in [5.74, 6) is -0.420. The monoisotopic (exact) mass is 482 g/mol. The molecule has 0 saturated heterocycles. The number of thiophene rings is 1. The van der Waals surface area contributed by atoms with Crippen molar-refractivity contribution >= 4 is 39.1 Å². The summed E-state index contributed by atoms with van der Waals surface area (Å²) >= 11 is 7.37. The molecule has 0 unspecified atom stereocenters. The fraction of sp³-hybridized carbons (Fsp3) is 0.208. The standard InChI is InChI=1S/C24H23ClN4O3S/c1-29-14-19(23(32)28-11-15-5-7-16(25)8-6-15)22(31)18-10-17(33-24(18)29)12-26-13-21(30)20-4-2-3-9-27-20/h2-10,14,21,26,30H,11-13H2,1H3,(H,28,32)/t21-/m1/s1. The summed E-state index contributed by atoms with van der Waals surface area (Å²) in [5, 5.41) is 17.4. The Labute approximate surface area is 199 Å². The van der Waals surface area contributed by atoms with Crippen LogP contribution < -0.4 is 16.1 Å². The van der Waals surface area contributed by atoms with Gasteiger partial charge in [0.1, 0.15) is 16.5 Å². The molecule has 170 valence electrons. The Morgan fingerprint density at radius 2 is 2.00 bits per heavy atom. The van der Waals surface area contributed by atoms with Crippen LogP contribution >= 0.6 is 22.9 Å². The lowest BCUT2D eigenvalue weighted by atomic mass is 10.2. The van der Waals surface area contributed by atoms with Gasteiger partial charge in [-0.1, -0.05) is 29.8 Å². The van der Waals surface area contributed by atoms with Crippen molar-refractivity contribution in [1.29, 1.82) is 0 Å². The molecule has 4 rings (SSSR count). The third kappa shape index (κ3) is 5.48. The van der Waals surface area contributed by atoms with Crippen LogP contribution in [0.5, 0.6) is 0 Å². The van der Waals surface area contributed by atoms with Crippen LogP contribution in [-0.4, -0.2) is 27.1 Å². The average Bonchev–Trinajstić information content (AvgIpc) is 3.26. The van der Waals surface area contributed by atoms with E-state index in [2.05, 4.69) is 15.6 Å². The van der Waals surface area contributed by atoms with Crippen molar-refractivity contribution in [3.05, 3.63) is 97.9 Å². The van der Waals surface area contributed by atoms with Crippen molar-refractivity contribution in [3.63, 3.8) is 0 Å². The molecule has 0 spiro atoms. The smallest absolute Gasteiger partial charge is 0.257 e. The minimum absolute atomic E-state index is 0.0989. The topological polar surface area (TPSA) is 96.2 Å². The van der Waals surface area contributed by atoms with Crippen molar-refractivity contribution < 1.29 is 9.90 Å². The molecule has 1 atom stereocenters. The Morgan fingerprint density at radius 1 is 1.21 bits per heavy atom. The number of nitrogens with zero attached hydrogens (tertiary/aromatic N) is 2. The van der Waals surface area contributed by atoms with Crippen LogP contribution in [0.15, 0.2) is 65.7 Å². The summed E-state index contributed by atoms with van der Waals surface area (Å²) in [6, 6.07) is 14.4. The molecule has 33 heavy (non-hydrogen) atoms. The van der Waals surface area contributed by atoms with Crippen LogP contribution in [-0.2, 0) is 20.1 Å². The Kier molecular flexibility index (Phi) is 7.20. The van der Waals surface area contributed by atoms with Crippen LogP contribution in [0.3, 0.4) is 0 Å². The SMILES string of the molecule is Cn1cc(C(=O)NCc2ccc(Cl)cc2)c(=O)c2cc(CNC[C@@H](O)c3ccccn3)sc21. The van der Waals surface area contributed by atoms with Gasteiger partial charge in [0.05, 0.1) is 11.1 Å². The largest absolute Gasteiger partial charge is 0.385 e. The van der Waals surface area contributed by atoms with Crippen LogP contribution in [0.1, 0.15) is 32.6 Å². The maximum atomic E-state index is 13.0. The third-order valence-corrected chi connectivity index (χ3v) is 6.65. The third-order valence-electron chi connectivity index (χ3n) is 5.17. The Hall–Kier alpha value is -3.04. The molecule has 3 heterocycles. The van der Waals surface area contributed by atoms with Gasteiger partial charge in [-0.25, -0.2) is 0 Å². The molecular formula is C24H23ClN4O3S. The number of amides is 1. The van der Waals surface area contributed by atoms with E-state index in [-0.39, 0.29) is 11.0 Å². The summed E-state index contributed by atoms with van der Waals surface area (Å²) < 4.78 is 1.80. The van der Waals surface area contributed by atoms with E-state index < -0.39 is 12.0 Å². The molecule has 4 aromatic rings. The van der Waals surface area contributed by atoms with Gasteiger partial charge in [0.2, 0.25) is 5.43 Å². The zero-order valence-corrected chi connectivity index (χ0v) is 19.5. The maximum Gasteiger partial charge on any atom is 0.257 e. The highest BCUT2D eigenvalue weighted by molar-refractivity contribution is 7.18. The van der Waals surface area contributed by atoms with Crippen molar-refractivity contribution in [2.24, 2.45) is 7.05 Å². The second-order valence-corrected chi connectivity index (χ2v) is 9.18. The van der Waals surface area contributed by atoms with Gasteiger partial charge in [0.15, 0.2) is 0 Å². The summed E-state index contributed by atoms with van der Waals surface area (Å²) in [4.78, 5) is 31.6. The number of aromatic nitrogens is 2. The molecule has 0 aliphatic rings. The minimum atomic E-state index is -0.720. The summed E-state index contributed by atoms with van der Waals surface area (Å²) in [5.41, 5.74) is 1.29. The number of aliphatic hydroxyl groups is 1. The van der Waals surface area contributed by atoms with E-state index in [1.54, 1.807) is 47.3 Å². The number of pyridine rings is 2. The molecule has 3 N–H and O–H groups in total. The van der Waals surface area contributed by atoms with Gasteiger partial charge in [-0.2, -0.15) is 0 Å². The van der Waals surface area contributed by atoms with Crippen LogP contribution in [0.25, 0.3) is 10.2 Å². The van der Waals surface area contributed by atoms with Crippen molar-refractivity contribution in [1.82, 2.24) is 20.2 Å². The van der Waals surface area contributed by atoms with Gasteiger partial charge >= 0.3 is 0 Å². The van der Waals surface area contributed by atoms with E-state index in [1.807, 2.05) is 25.2 Å². The van der Waals surface area contributed by atoms with Gasteiger partial charge < -0.3 is 20.3 Å². The summed E-state index contributed by atoms with van der Waals surface area (Å²) in [6.45, 7) is 1.12. The quantitative estimate of drug-likeness (QED) is 0.357. The molecule has 9 heteroatoms. The number of aryl methyl sites for hydroxylation is 1. The molecular weight excluding hydrogens is 460 g/mol. The molecule has 1 aromatic carbocycles. The van der Waals surface area contributed by atoms with Gasteiger partial charge in [-0.05, 0) is 35.9 Å². The van der Waals surface area contributed by atoms with Crippen molar-refractivity contribution in [3.8, 4) is 0 Å². The number of rotatable bonds is 8. The number of aliphatic hydroxyl groups excluding tert-OH is 1. The Bertz CT molecular complexity index is 1320. The van der Waals surface area contributed by atoms with E-state index in [0.29, 0.717) is 35.7 Å². The maximum absolute atomic E-state index is 13.0. The van der Waals surface area contributed by atoms with Gasteiger partial charge in [-0.15, -0.1) is 11.3 Å². The van der Waals surface area contributed by atoms with Crippen LogP contribution in [0, 0.1) is 0 Å². The first kappa shape index (κ1) is 23.1. The number of carbonyl (C=O) groups excluding carboxylic acids is 1. The number of carbonyl (C=O) groups is 1. The predicted molar refractivity (Wildman–Crippen MR) is 131 cm³/mol. The predicted octanol–water partition coefficient (Wildman–Crippen LogP) is 3.40. The lowest BCUT2D eigenvalue weighted by Crippen LogP contribution is -2.29. The first-order valence-electron chi connectivity index (χ1n) is 10.4. The number of halogens is 1. The number of benzene rings is 1. The first-order chi connectivity index (χ1) is 15.9. The molecule has 1 amide bonds. The summed E-state index contributed by atoms with van der Waals surface area (Å²) in [7, 11) is 1.82. The second kappa shape index (κ2) is 10.3. The number of hydrogen-bond donors (Lipinski definition) is 3. The second-order valence-electron chi connectivity index (χ2n) is 7.62. The van der Waals surface area contributed by atoms with Crippen molar-refractivity contribution in [2.45, 2.75) is 19.2 Å². The molecule has 0 radical (unpaired) electrons. The van der Waals surface area contributed by atoms with E-state index in [9.17, 15) is 14.7 Å². The summed E-state index contributed by atoms with van der Waals surface area (Å²) in [6.07, 6.45) is 2.49. The first-order valence-corrected chi connectivity index (χ1v) is 11.6.